The smallest absolute Gasteiger partial charge is 0.270 e. The van der Waals surface area contributed by atoms with Crippen molar-refractivity contribution in [2.75, 3.05) is 25.2 Å². The fourth-order valence-electron chi connectivity index (χ4n) is 3.44. The number of para-hydroxylation sites is 3. The maximum absolute atomic E-state index is 12.9. The number of ether oxygens (including phenoxy) is 2. The molecule has 2 atom stereocenters. The number of nitrogens with zero attached hydrogens (tertiary/aromatic N) is 3. The Kier molecular flexibility index (Phi) is 5.07. The third kappa shape index (κ3) is 3.87. The van der Waals surface area contributed by atoms with E-state index in [0.29, 0.717) is 30.3 Å². The number of carbonyl (C=O) groups is 2. The highest BCUT2D eigenvalue weighted by molar-refractivity contribution is 6.40. The number of anilines is 1. The second kappa shape index (κ2) is 7.83. The van der Waals surface area contributed by atoms with Crippen LogP contribution in [0.15, 0.2) is 59.7 Å². The van der Waals surface area contributed by atoms with Gasteiger partial charge in [0.1, 0.15) is 18.4 Å². The fraction of sp³-hybridized carbons (Fsp3) is 0.286. The zero-order valence-electron chi connectivity index (χ0n) is 16.0. The highest BCUT2D eigenvalue weighted by Crippen LogP contribution is 2.31. The molecule has 2 aliphatic rings. The molecule has 2 aromatic rings. The maximum atomic E-state index is 12.9. The van der Waals surface area contributed by atoms with Crippen LogP contribution in [0.1, 0.15) is 6.42 Å². The Morgan fingerprint density at radius 1 is 1.14 bits per heavy atom. The molecule has 8 nitrogen and oxygen atoms in total. The zero-order chi connectivity index (χ0) is 20.4. The zero-order valence-corrected chi connectivity index (χ0v) is 16.0. The molecule has 150 valence electrons. The minimum Gasteiger partial charge on any atom is -0.486 e. The summed E-state index contributed by atoms with van der Waals surface area (Å²) in [6.45, 7) is 0.680. The minimum absolute atomic E-state index is 0.165. The first-order chi connectivity index (χ1) is 14.0. The van der Waals surface area contributed by atoms with E-state index in [1.807, 2.05) is 54.6 Å². The minimum atomic E-state index is -0.689. The predicted molar refractivity (Wildman–Crippen MR) is 108 cm³/mol. The van der Waals surface area contributed by atoms with Crippen LogP contribution in [0, 0.1) is 0 Å². The third-order valence-electron chi connectivity index (χ3n) is 4.90. The van der Waals surface area contributed by atoms with Gasteiger partial charge in [-0.25, -0.2) is 0 Å². The lowest BCUT2D eigenvalue weighted by Gasteiger charge is -2.29. The van der Waals surface area contributed by atoms with Gasteiger partial charge in [-0.1, -0.05) is 30.3 Å². The summed E-state index contributed by atoms with van der Waals surface area (Å²) >= 11 is 0. The number of likely N-dealkylation sites (N-methyl/N-ethyl adjacent to an activating group) is 1. The van der Waals surface area contributed by atoms with E-state index in [2.05, 4.69) is 5.10 Å². The SMILES string of the molecule is CN(C[C@H]1COc2ccccc2O1)C(=O)C1=NN(c2ccccc2)[C@H](C(N)=O)C1. The molecule has 0 bridgehead atoms. The van der Waals surface area contributed by atoms with Crippen molar-refractivity contribution in [2.24, 2.45) is 10.8 Å². The van der Waals surface area contributed by atoms with Crippen molar-refractivity contribution < 1.29 is 19.1 Å². The van der Waals surface area contributed by atoms with Crippen LogP contribution < -0.4 is 20.2 Å². The van der Waals surface area contributed by atoms with Crippen LogP contribution in [0.4, 0.5) is 5.69 Å². The summed E-state index contributed by atoms with van der Waals surface area (Å²) < 4.78 is 11.6. The quantitative estimate of drug-likeness (QED) is 0.827. The molecule has 2 aliphatic heterocycles. The average molecular weight is 394 g/mol. The molecule has 0 radical (unpaired) electrons. The van der Waals surface area contributed by atoms with Crippen LogP contribution in [-0.2, 0) is 9.59 Å². The van der Waals surface area contributed by atoms with E-state index in [1.54, 1.807) is 7.05 Å². The molecule has 0 unspecified atom stereocenters. The first kappa shape index (κ1) is 18.8. The van der Waals surface area contributed by atoms with Crippen LogP contribution in [-0.4, -0.2) is 54.8 Å². The van der Waals surface area contributed by atoms with Crippen LogP contribution >= 0.6 is 0 Å². The molecule has 0 spiro atoms. The average Bonchev–Trinajstić information content (AvgIpc) is 3.19. The molecule has 2 aromatic carbocycles. The standard InChI is InChI=1S/C21H22N4O4/c1-24(12-15-13-28-18-9-5-6-10-19(18)29-15)21(27)16-11-17(20(22)26)25(23-16)14-7-3-2-4-8-14/h2-10,15,17H,11-13H2,1H3,(H2,22,26)/t15-,17-/m0/s1. The van der Waals surface area contributed by atoms with E-state index in [0.717, 1.165) is 0 Å². The lowest BCUT2D eigenvalue weighted by molar-refractivity contribution is -0.124. The largest absolute Gasteiger partial charge is 0.486 e. The van der Waals surface area contributed by atoms with Crippen LogP contribution in [0.5, 0.6) is 11.5 Å². The van der Waals surface area contributed by atoms with E-state index < -0.39 is 11.9 Å². The first-order valence-electron chi connectivity index (χ1n) is 9.38. The molecular formula is C21H22N4O4. The molecule has 0 saturated heterocycles. The Morgan fingerprint density at radius 2 is 1.83 bits per heavy atom. The van der Waals surface area contributed by atoms with E-state index in [-0.39, 0.29) is 24.1 Å². The molecule has 8 heteroatoms. The lowest BCUT2D eigenvalue weighted by atomic mass is 10.1. The predicted octanol–water partition coefficient (Wildman–Crippen LogP) is 1.40. The van der Waals surface area contributed by atoms with Gasteiger partial charge in [0.05, 0.1) is 12.2 Å². The number of rotatable bonds is 5. The molecule has 2 N–H and O–H groups in total. The van der Waals surface area contributed by atoms with Gasteiger partial charge in [0, 0.05) is 13.5 Å². The van der Waals surface area contributed by atoms with Gasteiger partial charge in [0.25, 0.3) is 5.91 Å². The summed E-state index contributed by atoms with van der Waals surface area (Å²) in [6.07, 6.45) is -0.129. The second-order valence-corrected chi connectivity index (χ2v) is 7.03. The summed E-state index contributed by atoms with van der Waals surface area (Å²) in [5, 5.41) is 5.91. The summed E-state index contributed by atoms with van der Waals surface area (Å²) in [4.78, 5) is 26.4. The molecule has 29 heavy (non-hydrogen) atoms. The van der Waals surface area contributed by atoms with Crippen molar-refractivity contribution in [1.29, 1.82) is 0 Å². The lowest BCUT2D eigenvalue weighted by Crippen LogP contribution is -2.44. The van der Waals surface area contributed by atoms with E-state index in [1.165, 1.54) is 9.91 Å². The number of amides is 2. The number of hydrogen-bond donors (Lipinski definition) is 1. The molecule has 0 aliphatic carbocycles. The number of benzene rings is 2. The second-order valence-electron chi connectivity index (χ2n) is 7.03. The molecular weight excluding hydrogens is 372 g/mol. The van der Waals surface area contributed by atoms with Crippen molar-refractivity contribution in [3.8, 4) is 11.5 Å². The molecule has 4 rings (SSSR count). The maximum Gasteiger partial charge on any atom is 0.270 e. The van der Waals surface area contributed by atoms with Crippen LogP contribution in [0.2, 0.25) is 0 Å². The number of fused-ring (bicyclic) bond motifs is 1. The molecule has 2 heterocycles. The van der Waals surface area contributed by atoms with Gasteiger partial charge in [0.15, 0.2) is 17.6 Å². The molecule has 0 saturated carbocycles. The summed E-state index contributed by atoms with van der Waals surface area (Å²) in [5.74, 6) is 0.563. The normalized spacial score (nSPS) is 20.2. The number of carbonyl (C=O) groups excluding carboxylic acids is 2. The van der Waals surface area contributed by atoms with Crippen molar-refractivity contribution in [2.45, 2.75) is 18.6 Å². The first-order valence-corrected chi connectivity index (χ1v) is 9.38. The molecule has 2 amide bonds. The molecule has 0 aromatic heterocycles. The van der Waals surface area contributed by atoms with E-state index in [9.17, 15) is 9.59 Å². The number of primary amides is 1. The Morgan fingerprint density at radius 3 is 2.55 bits per heavy atom. The highest BCUT2D eigenvalue weighted by atomic mass is 16.6. The number of hydrogen-bond acceptors (Lipinski definition) is 6. The number of hydrazone groups is 1. The van der Waals surface area contributed by atoms with Gasteiger partial charge in [-0.05, 0) is 24.3 Å². The van der Waals surface area contributed by atoms with Crippen molar-refractivity contribution in [3.63, 3.8) is 0 Å². The van der Waals surface area contributed by atoms with Crippen molar-refractivity contribution >= 4 is 23.2 Å². The van der Waals surface area contributed by atoms with Crippen molar-refractivity contribution in [3.05, 3.63) is 54.6 Å². The Balaban J connectivity index is 1.45. The van der Waals surface area contributed by atoms with Crippen LogP contribution in [0.3, 0.4) is 0 Å². The summed E-state index contributed by atoms with van der Waals surface area (Å²) in [6, 6.07) is 15.9. The van der Waals surface area contributed by atoms with Crippen molar-refractivity contribution in [1.82, 2.24) is 4.90 Å². The summed E-state index contributed by atoms with van der Waals surface area (Å²) in [7, 11) is 1.68. The van der Waals surface area contributed by atoms with Gasteiger partial charge < -0.3 is 20.1 Å². The van der Waals surface area contributed by atoms with Gasteiger partial charge in [-0.2, -0.15) is 5.10 Å². The van der Waals surface area contributed by atoms with Gasteiger partial charge in [-0.3, -0.25) is 14.6 Å². The van der Waals surface area contributed by atoms with Gasteiger partial charge in [0.2, 0.25) is 5.91 Å². The third-order valence-corrected chi connectivity index (χ3v) is 4.90. The topological polar surface area (TPSA) is 97.5 Å². The fourth-order valence-corrected chi connectivity index (χ4v) is 3.44. The van der Waals surface area contributed by atoms with Crippen LogP contribution in [0.25, 0.3) is 0 Å². The highest BCUT2D eigenvalue weighted by Gasteiger charge is 2.36. The molecule has 0 fully saturated rings. The van der Waals surface area contributed by atoms with E-state index in [4.69, 9.17) is 15.2 Å². The number of nitrogens with two attached hydrogens (primary N) is 1. The Bertz CT molecular complexity index is 947. The summed E-state index contributed by atoms with van der Waals surface area (Å²) in [5.41, 5.74) is 6.54. The Labute approximate surface area is 168 Å². The monoisotopic (exact) mass is 394 g/mol. The van der Waals surface area contributed by atoms with E-state index >= 15 is 0 Å². The Hall–Kier alpha value is -3.55. The van der Waals surface area contributed by atoms with Gasteiger partial charge >= 0.3 is 0 Å². The van der Waals surface area contributed by atoms with Gasteiger partial charge in [-0.15, -0.1) is 0 Å².